The summed E-state index contributed by atoms with van der Waals surface area (Å²) in [6.45, 7) is 4.09. The number of rotatable bonds is 4. The first-order valence-electron chi connectivity index (χ1n) is 5.62. The predicted molar refractivity (Wildman–Crippen MR) is 60.9 cm³/mol. The van der Waals surface area contributed by atoms with Gasteiger partial charge < -0.3 is 10.6 Å². The van der Waals surface area contributed by atoms with Gasteiger partial charge in [0.15, 0.2) is 0 Å². The Balaban J connectivity index is 1.71. The van der Waals surface area contributed by atoms with Gasteiger partial charge in [-0.25, -0.2) is 0 Å². The van der Waals surface area contributed by atoms with Gasteiger partial charge in [0.1, 0.15) is 5.82 Å². The highest BCUT2D eigenvalue weighted by molar-refractivity contribution is 5.32. The van der Waals surface area contributed by atoms with Crippen molar-refractivity contribution in [1.82, 2.24) is 15.5 Å². The average Bonchev–Trinajstić information content (AvgIpc) is 2.74. The van der Waals surface area contributed by atoms with Crippen molar-refractivity contribution in [1.29, 1.82) is 0 Å². The Morgan fingerprint density at radius 2 is 2.40 bits per heavy atom. The Morgan fingerprint density at radius 3 is 3.07 bits per heavy atom. The summed E-state index contributed by atoms with van der Waals surface area (Å²) in [5.74, 6) is 0.874. The largest absolute Gasteiger partial charge is 0.369 e. The summed E-state index contributed by atoms with van der Waals surface area (Å²) in [5, 5.41) is 14.8. The van der Waals surface area contributed by atoms with E-state index >= 15 is 0 Å². The van der Waals surface area contributed by atoms with E-state index in [-0.39, 0.29) is 0 Å². The second-order valence-corrected chi connectivity index (χ2v) is 4.07. The minimum Gasteiger partial charge on any atom is -0.369 e. The van der Waals surface area contributed by atoms with Gasteiger partial charge >= 0.3 is 0 Å². The van der Waals surface area contributed by atoms with Gasteiger partial charge in [-0.3, -0.25) is 0 Å². The van der Waals surface area contributed by atoms with Crippen LogP contribution in [0.5, 0.6) is 0 Å². The third-order valence-corrected chi connectivity index (χ3v) is 2.76. The number of anilines is 1. The predicted octanol–water partition coefficient (Wildman–Crippen LogP) is 1.34. The number of hydrogen-bond acceptors (Lipinski definition) is 4. The lowest BCUT2D eigenvalue weighted by molar-refractivity contribution is 0.574. The molecule has 0 bridgehead atoms. The first-order valence-corrected chi connectivity index (χ1v) is 5.62. The molecule has 0 aliphatic carbocycles. The zero-order valence-electron chi connectivity index (χ0n) is 9.16. The molecule has 4 heteroatoms. The van der Waals surface area contributed by atoms with Crippen LogP contribution in [0.1, 0.15) is 25.0 Å². The van der Waals surface area contributed by atoms with Crippen LogP contribution in [-0.4, -0.2) is 29.3 Å². The summed E-state index contributed by atoms with van der Waals surface area (Å²) >= 11 is 0. The highest BCUT2D eigenvalue weighted by Gasteiger charge is 2.12. The van der Waals surface area contributed by atoms with E-state index in [0.717, 1.165) is 24.5 Å². The third-order valence-electron chi connectivity index (χ3n) is 2.76. The van der Waals surface area contributed by atoms with E-state index in [4.69, 9.17) is 0 Å². The minimum absolute atomic E-state index is 0.691. The molecule has 1 aromatic heterocycles. The molecule has 0 unspecified atom stereocenters. The molecular formula is C11H18N4. The normalized spacial score (nSPS) is 20.5. The highest BCUT2D eigenvalue weighted by atomic mass is 15.2. The Morgan fingerprint density at radius 1 is 1.47 bits per heavy atom. The van der Waals surface area contributed by atoms with Crippen molar-refractivity contribution >= 4 is 5.82 Å². The number of aromatic nitrogens is 2. The van der Waals surface area contributed by atoms with Gasteiger partial charge in [0.25, 0.3) is 0 Å². The van der Waals surface area contributed by atoms with Crippen molar-refractivity contribution in [3.8, 4) is 0 Å². The quantitative estimate of drug-likeness (QED) is 0.780. The lowest BCUT2D eigenvalue weighted by Gasteiger charge is -2.10. The van der Waals surface area contributed by atoms with Crippen LogP contribution in [0.15, 0.2) is 12.1 Å². The van der Waals surface area contributed by atoms with Gasteiger partial charge in [-0.2, -0.15) is 5.10 Å². The maximum absolute atomic E-state index is 4.06. The highest BCUT2D eigenvalue weighted by Crippen LogP contribution is 2.09. The maximum atomic E-state index is 4.06. The second kappa shape index (κ2) is 5.07. The van der Waals surface area contributed by atoms with E-state index in [1.807, 2.05) is 19.1 Å². The maximum Gasteiger partial charge on any atom is 0.148 e. The molecule has 1 aliphatic heterocycles. The molecule has 0 aromatic carbocycles. The fourth-order valence-electron chi connectivity index (χ4n) is 1.87. The summed E-state index contributed by atoms with van der Waals surface area (Å²) in [6.07, 6.45) is 3.78. The van der Waals surface area contributed by atoms with E-state index in [0.29, 0.717) is 6.04 Å². The molecule has 2 N–H and O–H groups in total. The first kappa shape index (κ1) is 10.4. The van der Waals surface area contributed by atoms with Crippen molar-refractivity contribution in [2.75, 3.05) is 18.4 Å². The third kappa shape index (κ3) is 3.16. The van der Waals surface area contributed by atoms with Crippen LogP contribution in [0.4, 0.5) is 5.82 Å². The molecule has 1 fully saturated rings. The molecule has 1 aromatic rings. The summed E-state index contributed by atoms with van der Waals surface area (Å²) in [6, 6.07) is 4.64. The van der Waals surface area contributed by atoms with Crippen molar-refractivity contribution in [2.45, 2.75) is 32.2 Å². The van der Waals surface area contributed by atoms with Crippen LogP contribution >= 0.6 is 0 Å². The van der Waals surface area contributed by atoms with E-state index in [2.05, 4.69) is 20.8 Å². The molecule has 0 spiro atoms. The summed E-state index contributed by atoms with van der Waals surface area (Å²) < 4.78 is 0. The van der Waals surface area contributed by atoms with Crippen LogP contribution in [-0.2, 0) is 0 Å². The zero-order valence-corrected chi connectivity index (χ0v) is 9.16. The van der Waals surface area contributed by atoms with Gasteiger partial charge in [-0.15, -0.1) is 5.10 Å². The molecule has 1 aliphatic rings. The summed E-state index contributed by atoms with van der Waals surface area (Å²) in [5.41, 5.74) is 0.956. The molecule has 1 saturated heterocycles. The number of hydrogen-bond donors (Lipinski definition) is 2. The van der Waals surface area contributed by atoms with Crippen molar-refractivity contribution in [2.24, 2.45) is 0 Å². The molecule has 2 rings (SSSR count). The molecular weight excluding hydrogens is 188 g/mol. The van der Waals surface area contributed by atoms with Crippen LogP contribution < -0.4 is 10.6 Å². The smallest absolute Gasteiger partial charge is 0.148 e. The van der Waals surface area contributed by atoms with E-state index in [9.17, 15) is 0 Å². The number of aryl methyl sites for hydroxylation is 1. The van der Waals surface area contributed by atoms with Crippen LogP contribution in [0.2, 0.25) is 0 Å². The van der Waals surface area contributed by atoms with E-state index in [1.54, 1.807) is 0 Å². The molecule has 82 valence electrons. The lowest BCUT2D eigenvalue weighted by atomic mass is 10.1. The monoisotopic (exact) mass is 206 g/mol. The van der Waals surface area contributed by atoms with Gasteiger partial charge in [0, 0.05) is 12.6 Å². The standard InChI is InChI=1S/C11H18N4/c1-9-4-5-11(15-14-9)13-8-6-10-3-2-7-12-10/h4-5,10,12H,2-3,6-8H2,1H3,(H,13,15)/t10-/m0/s1. The topological polar surface area (TPSA) is 49.8 Å². The Bertz CT molecular complexity index is 290. The minimum atomic E-state index is 0.691. The number of nitrogens with zero attached hydrogens (tertiary/aromatic N) is 2. The Hall–Kier alpha value is -1.16. The molecule has 15 heavy (non-hydrogen) atoms. The van der Waals surface area contributed by atoms with Gasteiger partial charge in [-0.05, 0) is 44.9 Å². The SMILES string of the molecule is Cc1ccc(NCC[C@@H]2CCCN2)nn1. The Kier molecular flexibility index (Phi) is 3.50. The van der Waals surface area contributed by atoms with Crippen molar-refractivity contribution < 1.29 is 0 Å². The summed E-state index contributed by atoms with van der Waals surface area (Å²) in [7, 11) is 0. The molecule has 0 amide bonds. The average molecular weight is 206 g/mol. The zero-order chi connectivity index (χ0) is 10.5. The first-order chi connectivity index (χ1) is 7.34. The van der Waals surface area contributed by atoms with Crippen LogP contribution in [0, 0.1) is 6.92 Å². The molecule has 0 saturated carbocycles. The second-order valence-electron chi connectivity index (χ2n) is 4.07. The Labute approximate surface area is 90.5 Å². The lowest BCUT2D eigenvalue weighted by Crippen LogP contribution is -2.24. The van der Waals surface area contributed by atoms with Gasteiger partial charge in [-0.1, -0.05) is 0 Å². The van der Waals surface area contributed by atoms with E-state index < -0.39 is 0 Å². The summed E-state index contributed by atoms with van der Waals surface area (Å²) in [4.78, 5) is 0. The van der Waals surface area contributed by atoms with Crippen LogP contribution in [0.25, 0.3) is 0 Å². The fourth-order valence-corrected chi connectivity index (χ4v) is 1.87. The van der Waals surface area contributed by atoms with E-state index in [1.165, 1.54) is 19.4 Å². The molecule has 0 radical (unpaired) electrons. The van der Waals surface area contributed by atoms with Crippen molar-refractivity contribution in [3.63, 3.8) is 0 Å². The van der Waals surface area contributed by atoms with Gasteiger partial charge in [0.2, 0.25) is 0 Å². The van der Waals surface area contributed by atoms with Crippen LogP contribution in [0.3, 0.4) is 0 Å². The molecule has 4 nitrogen and oxygen atoms in total. The number of nitrogens with one attached hydrogen (secondary N) is 2. The van der Waals surface area contributed by atoms with Crippen molar-refractivity contribution in [3.05, 3.63) is 17.8 Å². The van der Waals surface area contributed by atoms with Gasteiger partial charge in [0.05, 0.1) is 5.69 Å². The molecule has 1 atom stereocenters. The molecule has 2 heterocycles. The fraction of sp³-hybridized carbons (Fsp3) is 0.636.